The number of nitro benzene ring substituents is 2. The van der Waals surface area contributed by atoms with E-state index in [9.17, 15) is 33.4 Å². The van der Waals surface area contributed by atoms with Crippen LogP contribution in [0, 0.1) is 20.2 Å². The molecule has 15 heteroatoms. The van der Waals surface area contributed by atoms with E-state index < -0.39 is 25.9 Å². The Labute approximate surface area is 218 Å². The molecule has 192 valence electrons. The molecule has 1 N–H and O–H groups in total. The number of nitrogens with one attached hydrogen (secondary N) is 1. The second-order valence-electron chi connectivity index (χ2n) is 7.05. The zero-order chi connectivity index (χ0) is 27.2. The SMILES string of the molecule is CCOc1cc(/C=N\NC(=O)c2ccc([N+](=O)[O-])cc2)cc(Br)c1OS(=O)(=O)c1ccc([N+](=O)[O-])cc1. The first-order chi connectivity index (χ1) is 17.5. The molecule has 0 aromatic heterocycles. The van der Waals surface area contributed by atoms with E-state index in [-0.39, 0.29) is 44.4 Å². The summed E-state index contributed by atoms with van der Waals surface area (Å²) in [6.45, 7) is 1.84. The minimum absolute atomic E-state index is 0.0468. The summed E-state index contributed by atoms with van der Waals surface area (Å²) in [6, 6.07) is 12.0. The summed E-state index contributed by atoms with van der Waals surface area (Å²) in [4.78, 5) is 32.2. The molecule has 0 radical (unpaired) electrons. The van der Waals surface area contributed by atoms with Crippen molar-refractivity contribution in [3.8, 4) is 11.5 Å². The average Bonchev–Trinajstić information content (AvgIpc) is 2.86. The van der Waals surface area contributed by atoms with Crippen LogP contribution in [0.25, 0.3) is 0 Å². The third-order valence-corrected chi connectivity index (χ3v) is 6.41. The fourth-order valence-corrected chi connectivity index (χ4v) is 4.47. The highest BCUT2D eigenvalue weighted by Crippen LogP contribution is 2.38. The van der Waals surface area contributed by atoms with E-state index in [1.807, 2.05) is 0 Å². The van der Waals surface area contributed by atoms with Gasteiger partial charge in [-0.2, -0.15) is 13.5 Å². The van der Waals surface area contributed by atoms with E-state index in [0.717, 1.165) is 24.3 Å². The van der Waals surface area contributed by atoms with Gasteiger partial charge in [-0.3, -0.25) is 25.0 Å². The summed E-state index contributed by atoms with van der Waals surface area (Å²) in [5.41, 5.74) is 2.40. The highest BCUT2D eigenvalue weighted by atomic mass is 79.9. The Morgan fingerprint density at radius 3 is 2.14 bits per heavy atom. The molecule has 3 rings (SSSR count). The Bertz CT molecular complexity index is 1480. The van der Waals surface area contributed by atoms with E-state index in [4.69, 9.17) is 8.92 Å². The topological polar surface area (TPSA) is 180 Å². The summed E-state index contributed by atoms with van der Waals surface area (Å²) in [5, 5.41) is 25.4. The smallest absolute Gasteiger partial charge is 0.339 e. The van der Waals surface area contributed by atoms with Crippen molar-refractivity contribution in [3.63, 3.8) is 0 Å². The number of carbonyl (C=O) groups is 1. The zero-order valence-corrected chi connectivity index (χ0v) is 21.3. The minimum atomic E-state index is -4.36. The predicted molar refractivity (Wildman–Crippen MR) is 134 cm³/mol. The monoisotopic (exact) mass is 592 g/mol. The molecule has 0 fully saturated rings. The van der Waals surface area contributed by atoms with Gasteiger partial charge in [-0.1, -0.05) is 0 Å². The molecule has 0 atom stereocenters. The molecule has 0 bridgehead atoms. The van der Waals surface area contributed by atoms with Crippen molar-refractivity contribution in [2.75, 3.05) is 6.61 Å². The number of benzene rings is 3. The van der Waals surface area contributed by atoms with Gasteiger partial charge in [-0.25, -0.2) is 5.43 Å². The van der Waals surface area contributed by atoms with Crippen molar-refractivity contribution >= 4 is 49.5 Å². The zero-order valence-electron chi connectivity index (χ0n) is 18.9. The number of halogens is 1. The number of non-ortho nitro benzene ring substituents is 2. The third-order valence-electron chi connectivity index (χ3n) is 4.58. The summed E-state index contributed by atoms with van der Waals surface area (Å²) >= 11 is 3.24. The van der Waals surface area contributed by atoms with E-state index in [2.05, 4.69) is 26.5 Å². The number of nitrogens with zero attached hydrogens (tertiary/aromatic N) is 3. The van der Waals surface area contributed by atoms with Crippen molar-refractivity contribution in [3.05, 3.63) is 96.5 Å². The fourth-order valence-electron chi connectivity index (χ4n) is 2.86. The molecule has 0 saturated heterocycles. The fraction of sp³-hybridized carbons (Fsp3) is 0.0909. The van der Waals surface area contributed by atoms with Gasteiger partial charge in [0, 0.05) is 29.8 Å². The molecule has 0 unspecified atom stereocenters. The Hall–Kier alpha value is -4.37. The van der Waals surface area contributed by atoms with E-state index in [1.165, 1.54) is 42.6 Å². The highest BCUT2D eigenvalue weighted by molar-refractivity contribution is 9.10. The number of hydrazone groups is 1. The van der Waals surface area contributed by atoms with E-state index in [1.54, 1.807) is 6.92 Å². The average molecular weight is 593 g/mol. The first-order valence-electron chi connectivity index (χ1n) is 10.2. The van der Waals surface area contributed by atoms with Gasteiger partial charge < -0.3 is 8.92 Å². The lowest BCUT2D eigenvalue weighted by Gasteiger charge is -2.14. The van der Waals surface area contributed by atoms with E-state index >= 15 is 0 Å². The molecule has 13 nitrogen and oxygen atoms in total. The lowest BCUT2D eigenvalue weighted by molar-refractivity contribution is -0.385. The quantitative estimate of drug-likeness (QED) is 0.156. The van der Waals surface area contributed by atoms with E-state index in [0.29, 0.717) is 5.56 Å². The molecule has 1 amide bonds. The van der Waals surface area contributed by atoms with Gasteiger partial charge in [0.2, 0.25) is 0 Å². The van der Waals surface area contributed by atoms with Crippen molar-refractivity contribution in [2.45, 2.75) is 11.8 Å². The van der Waals surface area contributed by atoms with Crippen LogP contribution in [0.4, 0.5) is 11.4 Å². The van der Waals surface area contributed by atoms with Crippen molar-refractivity contribution in [2.24, 2.45) is 5.10 Å². The van der Waals surface area contributed by atoms with Crippen LogP contribution in [0.15, 0.2) is 75.1 Å². The van der Waals surface area contributed by atoms with Crippen LogP contribution in [-0.2, 0) is 10.1 Å². The molecule has 0 aliphatic carbocycles. The lowest BCUT2D eigenvalue weighted by atomic mass is 10.2. The summed E-state index contributed by atoms with van der Waals surface area (Å²) in [7, 11) is -4.36. The largest absolute Gasteiger partial charge is 0.490 e. The van der Waals surface area contributed by atoms with Gasteiger partial charge in [0.25, 0.3) is 17.3 Å². The first kappa shape index (κ1) is 27.2. The molecule has 3 aromatic carbocycles. The van der Waals surface area contributed by atoms with Crippen LogP contribution >= 0.6 is 15.9 Å². The maximum Gasteiger partial charge on any atom is 0.339 e. The van der Waals surface area contributed by atoms with Gasteiger partial charge in [-0.15, -0.1) is 0 Å². The Kier molecular flexibility index (Phi) is 8.52. The van der Waals surface area contributed by atoms with Crippen molar-refractivity contribution in [1.82, 2.24) is 5.43 Å². The molecule has 0 aliphatic heterocycles. The van der Waals surface area contributed by atoms with Crippen LogP contribution in [-0.4, -0.2) is 37.0 Å². The van der Waals surface area contributed by atoms with Crippen LogP contribution in [0.3, 0.4) is 0 Å². The second-order valence-corrected chi connectivity index (χ2v) is 9.46. The molecular weight excluding hydrogens is 576 g/mol. The van der Waals surface area contributed by atoms with Gasteiger partial charge in [0.1, 0.15) is 4.90 Å². The highest BCUT2D eigenvalue weighted by Gasteiger charge is 2.23. The van der Waals surface area contributed by atoms with Gasteiger partial charge in [-0.05, 0) is 64.8 Å². The van der Waals surface area contributed by atoms with Crippen LogP contribution in [0.2, 0.25) is 0 Å². The molecular formula is C22H17BrN4O9S. The van der Waals surface area contributed by atoms with Crippen molar-refractivity contribution < 1.29 is 32.0 Å². The first-order valence-corrected chi connectivity index (χ1v) is 12.4. The molecule has 3 aromatic rings. The molecule has 37 heavy (non-hydrogen) atoms. The predicted octanol–water partition coefficient (Wildman–Crippen LogP) is 4.20. The van der Waals surface area contributed by atoms with Gasteiger partial charge >= 0.3 is 10.1 Å². The lowest BCUT2D eigenvalue weighted by Crippen LogP contribution is -2.17. The molecule has 0 heterocycles. The second kappa shape index (κ2) is 11.6. The van der Waals surface area contributed by atoms with Crippen LogP contribution in [0.1, 0.15) is 22.8 Å². The Balaban J connectivity index is 1.79. The molecule has 0 saturated carbocycles. The summed E-state index contributed by atoms with van der Waals surface area (Å²) in [5.74, 6) is -0.720. The van der Waals surface area contributed by atoms with Gasteiger partial charge in [0.15, 0.2) is 11.5 Å². The number of amides is 1. The van der Waals surface area contributed by atoms with Crippen LogP contribution < -0.4 is 14.3 Å². The maximum atomic E-state index is 12.7. The number of hydrogen-bond donors (Lipinski definition) is 1. The molecule has 0 aliphatic rings. The van der Waals surface area contributed by atoms with Crippen LogP contribution in [0.5, 0.6) is 11.5 Å². The summed E-state index contributed by atoms with van der Waals surface area (Å²) in [6.07, 6.45) is 1.27. The number of hydrogen-bond acceptors (Lipinski definition) is 10. The standard InChI is InChI=1S/C22H17BrN4O9S/c1-2-35-20-12-14(13-24-25-22(28)15-3-5-16(6-4-15)26(29)30)11-19(23)21(20)36-37(33,34)18-9-7-17(8-10-18)27(31)32/h3-13H,2H2,1H3,(H,25,28)/b24-13-. The normalized spacial score (nSPS) is 11.2. The maximum absolute atomic E-state index is 12.7. The number of ether oxygens (including phenoxy) is 1. The Morgan fingerprint density at radius 1 is 1.03 bits per heavy atom. The number of nitro groups is 2. The van der Waals surface area contributed by atoms with Crippen molar-refractivity contribution in [1.29, 1.82) is 0 Å². The summed E-state index contributed by atoms with van der Waals surface area (Å²) < 4.78 is 36.4. The Morgan fingerprint density at radius 2 is 1.59 bits per heavy atom. The van der Waals surface area contributed by atoms with Gasteiger partial charge in [0.05, 0.1) is 27.1 Å². The minimum Gasteiger partial charge on any atom is -0.490 e. The molecule has 0 spiro atoms. The third kappa shape index (κ3) is 6.86. The number of carbonyl (C=O) groups excluding carboxylic acids is 1. The number of rotatable bonds is 10.